The normalized spacial score (nSPS) is 19.4. The van der Waals surface area contributed by atoms with Gasteiger partial charge < -0.3 is 14.7 Å². The fourth-order valence-electron chi connectivity index (χ4n) is 2.08. The molecule has 0 spiro atoms. The second-order valence-electron chi connectivity index (χ2n) is 4.53. The van der Waals surface area contributed by atoms with E-state index in [4.69, 9.17) is 9.84 Å². The Bertz CT molecular complexity index is 523. The number of aliphatic carboxylic acids is 1. The molecule has 2 heterocycles. The molecule has 0 aliphatic carbocycles. The van der Waals surface area contributed by atoms with Crippen molar-refractivity contribution >= 4 is 29.3 Å². The van der Waals surface area contributed by atoms with Gasteiger partial charge in [0, 0.05) is 19.2 Å². The highest BCUT2D eigenvalue weighted by Crippen LogP contribution is 2.22. The number of carbonyl (C=O) groups is 2. The van der Waals surface area contributed by atoms with E-state index in [1.165, 1.54) is 17.4 Å². The van der Waals surface area contributed by atoms with Crippen LogP contribution >= 0.6 is 11.3 Å². The molecular formula is C14H17NO4S. The van der Waals surface area contributed by atoms with Crippen LogP contribution in [0.15, 0.2) is 17.5 Å². The van der Waals surface area contributed by atoms with Gasteiger partial charge in [-0.25, -0.2) is 4.79 Å². The summed E-state index contributed by atoms with van der Waals surface area (Å²) in [5.41, 5.74) is 0.655. The molecule has 0 aromatic carbocycles. The average molecular weight is 295 g/mol. The molecule has 108 valence electrons. The van der Waals surface area contributed by atoms with Gasteiger partial charge in [-0.1, -0.05) is 6.92 Å². The largest absolute Gasteiger partial charge is 0.478 e. The van der Waals surface area contributed by atoms with E-state index in [0.717, 1.165) is 12.5 Å². The van der Waals surface area contributed by atoms with Crippen molar-refractivity contribution in [3.05, 3.63) is 28.0 Å². The molecule has 1 amide bonds. The van der Waals surface area contributed by atoms with Crippen LogP contribution in [0.25, 0.3) is 6.08 Å². The number of rotatable bonds is 4. The topological polar surface area (TPSA) is 66.8 Å². The maximum Gasteiger partial charge on any atom is 0.328 e. The highest BCUT2D eigenvalue weighted by atomic mass is 32.1. The van der Waals surface area contributed by atoms with Gasteiger partial charge in [0.1, 0.15) is 0 Å². The van der Waals surface area contributed by atoms with Gasteiger partial charge in [0.15, 0.2) is 0 Å². The van der Waals surface area contributed by atoms with E-state index in [0.29, 0.717) is 30.1 Å². The maximum atomic E-state index is 12.5. The third-order valence-electron chi connectivity index (χ3n) is 3.18. The van der Waals surface area contributed by atoms with Crippen molar-refractivity contribution in [1.29, 1.82) is 0 Å². The Morgan fingerprint density at radius 2 is 2.40 bits per heavy atom. The molecule has 1 aromatic rings. The molecule has 1 unspecified atom stereocenters. The molecule has 0 saturated carbocycles. The Labute approximate surface area is 121 Å². The lowest BCUT2D eigenvalue weighted by Crippen LogP contribution is -2.45. The van der Waals surface area contributed by atoms with Crippen molar-refractivity contribution in [3.63, 3.8) is 0 Å². The van der Waals surface area contributed by atoms with Crippen LogP contribution in [0.2, 0.25) is 0 Å². The van der Waals surface area contributed by atoms with Crippen molar-refractivity contribution < 1.29 is 19.4 Å². The smallest absolute Gasteiger partial charge is 0.328 e. The standard InChI is InChI=1S/C14H17NO4S/c1-2-11-9-15(6-7-19-11)14(18)13-10(5-8-20-13)3-4-12(16)17/h3-5,8,11H,2,6-7,9H2,1H3,(H,16,17). The second-order valence-corrected chi connectivity index (χ2v) is 5.44. The Morgan fingerprint density at radius 3 is 3.10 bits per heavy atom. The predicted molar refractivity (Wildman–Crippen MR) is 76.9 cm³/mol. The Hall–Kier alpha value is -1.66. The molecule has 1 N–H and O–H groups in total. The first-order valence-corrected chi connectivity index (χ1v) is 7.39. The summed E-state index contributed by atoms with van der Waals surface area (Å²) in [6.45, 7) is 3.76. The summed E-state index contributed by atoms with van der Waals surface area (Å²) in [4.78, 5) is 25.4. The third kappa shape index (κ3) is 3.46. The highest BCUT2D eigenvalue weighted by molar-refractivity contribution is 7.12. The SMILES string of the molecule is CCC1CN(C(=O)c2sccc2C=CC(=O)O)CCO1. The van der Waals surface area contributed by atoms with E-state index in [1.807, 2.05) is 6.92 Å². The minimum absolute atomic E-state index is 0.0493. The van der Waals surface area contributed by atoms with E-state index in [9.17, 15) is 9.59 Å². The zero-order valence-corrected chi connectivity index (χ0v) is 12.1. The highest BCUT2D eigenvalue weighted by Gasteiger charge is 2.25. The zero-order valence-electron chi connectivity index (χ0n) is 11.2. The molecule has 20 heavy (non-hydrogen) atoms. The number of hydrogen-bond donors (Lipinski definition) is 1. The molecule has 1 aromatic heterocycles. The molecule has 0 radical (unpaired) electrons. The third-order valence-corrected chi connectivity index (χ3v) is 4.09. The maximum absolute atomic E-state index is 12.5. The first-order valence-electron chi connectivity index (χ1n) is 6.51. The van der Waals surface area contributed by atoms with Crippen molar-refractivity contribution in [1.82, 2.24) is 4.90 Å². The number of thiophene rings is 1. The molecular weight excluding hydrogens is 278 g/mol. The van der Waals surface area contributed by atoms with Gasteiger partial charge >= 0.3 is 5.97 Å². The summed E-state index contributed by atoms with van der Waals surface area (Å²) in [5, 5.41) is 10.5. The first-order chi connectivity index (χ1) is 9.61. The monoisotopic (exact) mass is 295 g/mol. The molecule has 1 atom stereocenters. The lowest BCUT2D eigenvalue weighted by atomic mass is 10.2. The summed E-state index contributed by atoms with van der Waals surface area (Å²) >= 11 is 1.34. The number of ether oxygens (including phenoxy) is 1. The molecule has 1 aliphatic rings. The molecule has 1 saturated heterocycles. The quantitative estimate of drug-likeness (QED) is 0.864. The lowest BCUT2D eigenvalue weighted by Gasteiger charge is -2.32. The molecule has 6 heteroatoms. The number of carboxylic acid groups (broad SMARTS) is 1. The zero-order chi connectivity index (χ0) is 14.5. The molecule has 5 nitrogen and oxygen atoms in total. The molecule has 0 bridgehead atoms. The summed E-state index contributed by atoms with van der Waals surface area (Å²) in [6.07, 6.45) is 3.47. The van der Waals surface area contributed by atoms with E-state index >= 15 is 0 Å². The van der Waals surface area contributed by atoms with Crippen molar-refractivity contribution in [2.45, 2.75) is 19.4 Å². The lowest BCUT2D eigenvalue weighted by molar-refractivity contribution is -0.131. The van der Waals surface area contributed by atoms with E-state index in [2.05, 4.69) is 0 Å². The number of morpholine rings is 1. The number of carbonyl (C=O) groups excluding carboxylic acids is 1. The molecule has 1 aliphatic heterocycles. The second kappa shape index (κ2) is 6.67. The van der Waals surface area contributed by atoms with E-state index in [1.54, 1.807) is 16.3 Å². The van der Waals surface area contributed by atoms with Crippen molar-refractivity contribution in [2.24, 2.45) is 0 Å². The van der Waals surface area contributed by atoms with Crippen molar-refractivity contribution in [3.8, 4) is 0 Å². The first kappa shape index (κ1) is 14.7. The molecule has 1 fully saturated rings. The number of hydrogen-bond acceptors (Lipinski definition) is 4. The van der Waals surface area contributed by atoms with Gasteiger partial charge in [-0.15, -0.1) is 11.3 Å². The van der Waals surface area contributed by atoms with Crippen LogP contribution in [0.1, 0.15) is 28.6 Å². The van der Waals surface area contributed by atoms with Gasteiger partial charge in [-0.2, -0.15) is 0 Å². The van der Waals surface area contributed by atoms with Gasteiger partial charge in [-0.3, -0.25) is 4.79 Å². The van der Waals surface area contributed by atoms with Crippen LogP contribution < -0.4 is 0 Å². The number of carboxylic acids is 1. The fourth-order valence-corrected chi connectivity index (χ4v) is 2.93. The van der Waals surface area contributed by atoms with Gasteiger partial charge in [0.25, 0.3) is 5.91 Å². The van der Waals surface area contributed by atoms with Gasteiger partial charge in [0.05, 0.1) is 17.6 Å². The fraction of sp³-hybridized carbons (Fsp3) is 0.429. The van der Waals surface area contributed by atoms with Crippen molar-refractivity contribution in [2.75, 3.05) is 19.7 Å². The summed E-state index contributed by atoms with van der Waals surface area (Å²) in [7, 11) is 0. The van der Waals surface area contributed by atoms with Crippen LogP contribution in [0, 0.1) is 0 Å². The van der Waals surface area contributed by atoms with Crippen LogP contribution in [-0.2, 0) is 9.53 Å². The average Bonchev–Trinajstić information content (AvgIpc) is 2.92. The van der Waals surface area contributed by atoms with Crippen LogP contribution in [0.4, 0.5) is 0 Å². The summed E-state index contributed by atoms with van der Waals surface area (Å²) in [5.74, 6) is -1.07. The van der Waals surface area contributed by atoms with Crippen LogP contribution in [-0.4, -0.2) is 47.7 Å². The van der Waals surface area contributed by atoms with Crippen LogP contribution in [0.3, 0.4) is 0 Å². The summed E-state index contributed by atoms with van der Waals surface area (Å²) in [6, 6.07) is 1.76. The minimum Gasteiger partial charge on any atom is -0.478 e. The van der Waals surface area contributed by atoms with Gasteiger partial charge in [-0.05, 0) is 29.5 Å². The van der Waals surface area contributed by atoms with Crippen LogP contribution in [0.5, 0.6) is 0 Å². The van der Waals surface area contributed by atoms with E-state index < -0.39 is 5.97 Å². The number of amides is 1. The Kier molecular flexibility index (Phi) is 4.92. The Morgan fingerprint density at radius 1 is 1.60 bits per heavy atom. The molecule has 2 rings (SSSR count). The summed E-state index contributed by atoms with van der Waals surface area (Å²) < 4.78 is 5.55. The predicted octanol–water partition coefficient (Wildman–Crippen LogP) is 2.10. The Balaban J connectivity index is 2.13. The minimum atomic E-state index is -1.02. The van der Waals surface area contributed by atoms with Gasteiger partial charge in [0.2, 0.25) is 0 Å². The van der Waals surface area contributed by atoms with E-state index in [-0.39, 0.29) is 12.0 Å². The number of nitrogens with zero attached hydrogens (tertiary/aromatic N) is 1.